The summed E-state index contributed by atoms with van der Waals surface area (Å²) in [6.45, 7) is 1.84. The number of hydrogen-bond donors (Lipinski definition) is 3. The van der Waals surface area contributed by atoms with E-state index in [0.717, 1.165) is 11.1 Å². The van der Waals surface area contributed by atoms with Crippen LogP contribution in [0.5, 0.6) is 0 Å². The Morgan fingerprint density at radius 2 is 1.84 bits per heavy atom. The smallest absolute Gasteiger partial charge is 0.250 e. The monoisotopic (exact) mass is 341 g/mol. The molecule has 0 spiro atoms. The van der Waals surface area contributed by atoms with Crippen LogP contribution in [0.1, 0.15) is 11.1 Å². The van der Waals surface area contributed by atoms with Crippen molar-refractivity contribution in [2.24, 2.45) is 5.73 Å². The Hall–Kier alpha value is -2.70. The van der Waals surface area contributed by atoms with Crippen LogP contribution in [0.3, 0.4) is 0 Å². The maximum absolute atomic E-state index is 12.3. The Bertz CT molecular complexity index is 732. The molecule has 2 aromatic carbocycles. The summed E-state index contributed by atoms with van der Waals surface area (Å²) in [4.78, 5) is 23.8. The van der Waals surface area contributed by atoms with E-state index in [1.165, 1.54) is 7.11 Å². The van der Waals surface area contributed by atoms with Crippen LogP contribution in [0.4, 0.5) is 11.4 Å². The molecule has 0 aliphatic carbocycles. The number of hydrogen-bond acceptors (Lipinski definition) is 4. The van der Waals surface area contributed by atoms with Crippen LogP contribution in [-0.4, -0.2) is 31.6 Å². The molecule has 4 N–H and O–H groups in total. The third-order valence-corrected chi connectivity index (χ3v) is 3.68. The number of rotatable bonds is 7. The van der Waals surface area contributed by atoms with Gasteiger partial charge in [0.15, 0.2) is 0 Å². The summed E-state index contributed by atoms with van der Waals surface area (Å²) in [5.74, 6) is -0.480. The molecule has 2 rings (SSSR count). The third kappa shape index (κ3) is 5.70. The lowest BCUT2D eigenvalue weighted by Crippen LogP contribution is -2.37. The van der Waals surface area contributed by atoms with Gasteiger partial charge in [0.1, 0.15) is 6.61 Å². The quantitative estimate of drug-likeness (QED) is 0.719. The summed E-state index contributed by atoms with van der Waals surface area (Å²) in [7, 11) is 1.46. The van der Waals surface area contributed by atoms with E-state index in [4.69, 9.17) is 10.5 Å². The van der Waals surface area contributed by atoms with Crippen molar-refractivity contribution in [3.8, 4) is 0 Å². The van der Waals surface area contributed by atoms with E-state index in [0.29, 0.717) is 17.8 Å². The van der Waals surface area contributed by atoms with Crippen molar-refractivity contribution in [3.05, 3.63) is 59.7 Å². The Morgan fingerprint density at radius 1 is 1.12 bits per heavy atom. The molecule has 6 heteroatoms. The molecule has 0 saturated heterocycles. The van der Waals surface area contributed by atoms with Gasteiger partial charge in [-0.3, -0.25) is 9.59 Å². The average Bonchev–Trinajstić information content (AvgIpc) is 2.58. The van der Waals surface area contributed by atoms with Crippen LogP contribution in [-0.2, 0) is 20.7 Å². The molecular formula is C19H23N3O3. The average molecular weight is 341 g/mol. The lowest BCUT2D eigenvalue weighted by Gasteiger charge is -2.14. The molecule has 2 aromatic rings. The van der Waals surface area contributed by atoms with Gasteiger partial charge in [0.05, 0.1) is 6.04 Å². The highest BCUT2D eigenvalue weighted by molar-refractivity contribution is 5.96. The van der Waals surface area contributed by atoms with Crippen LogP contribution < -0.4 is 16.4 Å². The molecule has 6 nitrogen and oxygen atoms in total. The van der Waals surface area contributed by atoms with Gasteiger partial charge in [-0.25, -0.2) is 0 Å². The van der Waals surface area contributed by atoms with E-state index in [2.05, 4.69) is 10.6 Å². The standard InChI is InChI=1S/C19H23N3O3/c1-13-10-15(8-9-17(13)22-18(23)12-25-2)21-19(24)16(20)11-14-6-4-3-5-7-14/h3-10,16H,11-12,20H2,1-2H3,(H,21,24)(H,22,23)/t16-/m1/s1. The van der Waals surface area contributed by atoms with Crippen LogP contribution in [0.25, 0.3) is 0 Å². The second kappa shape index (κ2) is 8.96. The van der Waals surface area contributed by atoms with E-state index in [1.54, 1.807) is 18.2 Å². The third-order valence-electron chi connectivity index (χ3n) is 3.68. The minimum atomic E-state index is -0.635. The van der Waals surface area contributed by atoms with E-state index in [1.807, 2.05) is 37.3 Å². The van der Waals surface area contributed by atoms with Gasteiger partial charge in [-0.2, -0.15) is 0 Å². The van der Waals surface area contributed by atoms with Crippen LogP contribution >= 0.6 is 0 Å². The number of anilines is 2. The Balaban J connectivity index is 1.96. The second-order valence-corrected chi connectivity index (χ2v) is 5.80. The van der Waals surface area contributed by atoms with Gasteiger partial charge >= 0.3 is 0 Å². The lowest BCUT2D eigenvalue weighted by molar-refractivity contribution is -0.119. The first kappa shape index (κ1) is 18.6. The number of nitrogens with two attached hydrogens (primary N) is 1. The molecule has 0 bridgehead atoms. The van der Waals surface area contributed by atoms with Gasteiger partial charge in [0.2, 0.25) is 11.8 Å². The number of ether oxygens (including phenoxy) is 1. The van der Waals surface area contributed by atoms with Gasteiger partial charge in [0.25, 0.3) is 0 Å². The highest BCUT2D eigenvalue weighted by Crippen LogP contribution is 2.20. The Labute approximate surface area is 147 Å². The molecule has 0 aliphatic rings. The summed E-state index contributed by atoms with van der Waals surface area (Å²) < 4.78 is 4.78. The molecule has 1 atom stereocenters. The predicted octanol–water partition coefficient (Wildman–Crippen LogP) is 2.09. The normalized spacial score (nSPS) is 11.6. The number of carbonyl (C=O) groups is 2. The number of carbonyl (C=O) groups excluding carboxylic acids is 2. The molecule has 132 valence electrons. The molecule has 0 radical (unpaired) electrons. The Morgan fingerprint density at radius 3 is 2.48 bits per heavy atom. The van der Waals surface area contributed by atoms with Crippen LogP contribution in [0.15, 0.2) is 48.5 Å². The van der Waals surface area contributed by atoms with Crippen molar-refractivity contribution < 1.29 is 14.3 Å². The summed E-state index contributed by atoms with van der Waals surface area (Å²) in [5.41, 5.74) is 9.13. The van der Waals surface area contributed by atoms with Crippen molar-refractivity contribution >= 4 is 23.2 Å². The zero-order valence-corrected chi connectivity index (χ0v) is 14.4. The topological polar surface area (TPSA) is 93.5 Å². The molecular weight excluding hydrogens is 318 g/mol. The molecule has 25 heavy (non-hydrogen) atoms. The van der Waals surface area contributed by atoms with Crippen molar-refractivity contribution in [1.82, 2.24) is 0 Å². The largest absolute Gasteiger partial charge is 0.375 e. The van der Waals surface area contributed by atoms with Gasteiger partial charge in [-0.05, 0) is 42.7 Å². The highest BCUT2D eigenvalue weighted by atomic mass is 16.5. The van der Waals surface area contributed by atoms with E-state index < -0.39 is 6.04 Å². The number of aryl methyl sites for hydroxylation is 1. The summed E-state index contributed by atoms with van der Waals surface area (Å²) in [5, 5.41) is 5.55. The number of methoxy groups -OCH3 is 1. The minimum Gasteiger partial charge on any atom is -0.375 e. The molecule has 0 aliphatic heterocycles. The maximum Gasteiger partial charge on any atom is 0.250 e. The summed E-state index contributed by atoms with van der Waals surface area (Å²) in [6.07, 6.45) is 0.469. The molecule has 0 saturated carbocycles. The zero-order valence-electron chi connectivity index (χ0n) is 14.4. The lowest BCUT2D eigenvalue weighted by atomic mass is 10.1. The van der Waals surface area contributed by atoms with Gasteiger partial charge in [-0.15, -0.1) is 0 Å². The molecule has 2 amide bonds. The van der Waals surface area contributed by atoms with Crippen LogP contribution in [0, 0.1) is 6.92 Å². The molecule has 0 aromatic heterocycles. The highest BCUT2D eigenvalue weighted by Gasteiger charge is 2.15. The second-order valence-electron chi connectivity index (χ2n) is 5.80. The first-order valence-electron chi connectivity index (χ1n) is 7.99. The number of benzene rings is 2. The van der Waals surface area contributed by atoms with Gasteiger partial charge in [0, 0.05) is 18.5 Å². The van der Waals surface area contributed by atoms with Crippen molar-refractivity contribution in [2.75, 3.05) is 24.4 Å². The maximum atomic E-state index is 12.3. The van der Waals surface area contributed by atoms with Gasteiger partial charge < -0.3 is 21.1 Å². The molecule has 0 fully saturated rings. The van der Waals surface area contributed by atoms with E-state index >= 15 is 0 Å². The van der Waals surface area contributed by atoms with Gasteiger partial charge in [-0.1, -0.05) is 30.3 Å². The minimum absolute atomic E-state index is 0.00767. The Kier molecular flexibility index (Phi) is 6.68. The summed E-state index contributed by atoms with van der Waals surface area (Å²) in [6, 6.07) is 14.2. The van der Waals surface area contributed by atoms with E-state index in [9.17, 15) is 9.59 Å². The summed E-state index contributed by atoms with van der Waals surface area (Å²) >= 11 is 0. The van der Waals surface area contributed by atoms with Crippen LogP contribution in [0.2, 0.25) is 0 Å². The first-order valence-corrected chi connectivity index (χ1v) is 7.99. The van der Waals surface area contributed by atoms with Crippen molar-refractivity contribution in [2.45, 2.75) is 19.4 Å². The number of amides is 2. The van der Waals surface area contributed by atoms with E-state index in [-0.39, 0.29) is 18.4 Å². The SMILES string of the molecule is COCC(=O)Nc1ccc(NC(=O)[C@H](N)Cc2ccccc2)cc1C. The fourth-order valence-electron chi connectivity index (χ4n) is 2.39. The van der Waals surface area contributed by atoms with Crippen molar-refractivity contribution in [1.29, 1.82) is 0 Å². The predicted molar refractivity (Wildman–Crippen MR) is 98.4 cm³/mol. The fraction of sp³-hybridized carbons (Fsp3) is 0.263. The van der Waals surface area contributed by atoms with Crippen molar-refractivity contribution in [3.63, 3.8) is 0 Å². The fourth-order valence-corrected chi connectivity index (χ4v) is 2.39. The molecule has 0 heterocycles. The zero-order chi connectivity index (χ0) is 18.2. The first-order chi connectivity index (χ1) is 12.0. The number of nitrogens with one attached hydrogen (secondary N) is 2. The molecule has 0 unspecified atom stereocenters.